The standard InChI is InChI=1S/C19H20N2O5/c1-4-19(18(24)25-3)14-13(16(22)21(2)17(14)23)15(20-19)11-5-6-12-10(9-11)7-8-26-12/h5-9,13-15,20H,4H2,1-3H3/t13-,14-,15-,19-/m1/s1. The summed E-state index contributed by atoms with van der Waals surface area (Å²) in [6.07, 6.45) is 1.94. The third-order valence-electron chi connectivity index (χ3n) is 5.82. The fraction of sp³-hybridized carbons (Fsp3) is 0.421. The summed E-state index contributed by atoms with van der Waals surface area (Å²) in [6.45, 7) is 1.82. The molecule has 7 nitrogen and oxygen atoms in total. The Kier molecular flexibility index (Phi) is 3.66. The van der Waals surface area contributed by atoms with E-state index in [4.69, 9.17) is 9.15 Å². The van der Waals surface area contributed by atoms with E-state index in [0.29, 0.717) is 6.42 Å². The number of imide groups is 1. The van der Waals surface area contributed by atoms with Crippen molar-refractivity contribution in [1.82, 2.24) is 10.2 Å². The number of furan rings is 1. The van der Waals surface area contributed by atoms with Gasteiger partial charge in [0.15, 0.2) is 0 Å². The molecule has 0 radical (unpaired) electrons. The molecule has 2 saturated heterocycles. The highest BCUT2D eigenvalue weighted by Crippen LogP contribution is 2.50. The van der Waals surface area contributed by atoms with Gasteiger partial charge in [0.1, 0.15) is 11.1 Å². The number of nitrogens with zero attached hydrogens (tertiary/aromatic N) is 1. The number of nitrogens with one attached hydrogen (secondary N) is 1. The number of carbonyl (C=O) groups is 3. The lowest BCUT2D eigenvalue weighted by atomic mass is 9.78. The van der Waals surface area contributed by atoms with E-state index in [9.17, 15) is 14.4 Å². The van der Waals surface area contributed by atoms with E-state index in [0.717, 1.165) is 21.4 Å². The minimum atomic E-state index is -1.22. The van der Waals surface area contributed by atoms with E-state index >= 15 is 0 Å². The quantitative estimate of drug-likeness (QED) is 0.664. The van der Waals surface area contributed by atoms with Crippen LogP contribution >= 0.6 is 0 Å². The average molecular weight is 356 g/mol. The molecule has 1 aromatic heterocycles. The van der Waals surface area contributed by atoms with Crippen molar-refractivity contribution in [3.63, 3.8) is 0 Å². The van der Waals surface area contributed by atoms with Crippen LogP contribution in [0.4, 0.5) is 0 Å². The second-order valence-electron chi connectivity index (χ2n) is 6.90. The molecule has 7 heteroatoms. The Morgan fingerprint density at radius 2 is 2.08 bits per heavy atom. The van der Waals surface area contributed by atoms with E-state index in [1.54, 1.807) is 6.26 Å². The van der Waals surface area contributed by atoms with Crippen molar-refractivity contribution in [2.75, 3.05) is 14.2 Å². The molecular formula is C19H20N2O5. The van der Waals surface area contributed by atoms with Crippen LogP contribution in [0.15, 0.2) is 34.9 Å². The Morgan fingerprint density at radius 1 is 1.31 bits per heavy atom. The number of likely N-dealkylation sites (tertiary alicyclic amines) is 1. The van der Waals surface area contributed by atoms with E-state index in [-0.39, 0.29) is 11.8 Å². The largest absolute Gasteiger partial charge is 0.468 e. The lowest BCUT2D eigenvalue weighted by Crippen LogP contribution is -2.55. The predicted octanol–water partition coefficient (Wildman–Crippen LogP) is 1.63. The van der Waals surface area contributed by atoms with Gasteiger partial charge < -0.3 is 9.15 Å². The maximum Gasteiger partial charge on any atom is 0.326 e. The zero-order valence-electron chi connectivity index (χ0n) is 14.8. The summed E-state index contributed by atoms with van der Waals surface area (Å²) < 4.78 is 10.4. The molecule has 4 atom stereocenters. The van der Waals surface area contributed by atoms with Crippen LogP contribution in [0.3, 0.4) is 0 Å². The average Bonchev–Trinajstić information content (AvgIpc) is 3.32. The number of ether oxygens (including phenoxy) is 1. The molecule has 2 fully saturated rings. The second-order valence-corrected chi connectivity index (χ2v) is 6.90. The molecule has 136 valence electrons. The smallest absolute Gasteiger partial charge is 0.326 e. The maximum absolute atomic E-state index is 12.8. The second kappa shape index (κ2) is 5.67. The number of hydrogen-bond donors (Lipinski definition) is 1. The third kappa shape index (κ3) is 2.00. The van der Waals surface area contributed by atoms with E-state index in [1.807, 2.05) is 31.2 Å². The van der Waals surface area contributed by atoms with Crippen molar-refractivity contribution in [3.05, 3.63) is 36.1 Å². The maximum atomic E-state index is 12.8. The molecule has 2 aliphatic rings. The van der Waals surface area contributed by atoms with Crippen molar-refractivity contribution in [3.8, 4) is 0 Å². The van der Waals surface area contributed by atoms with Gasteiger partial charge >= 0.3 is 5.97 Å². The first-order chi connectivity index (χ1) is 12.4. The third-order valence-corrected chi connectivity index (χ3v) is 5.82. The number of hydrogen-bond acceptors (Lipinski definition) is 6. The molecule has 0 spiro atoms. The van der Waals surface area contributed by atoms with Crippen LogP contribution in [0.1, 0.15) is 24.9 Å². The zero-order valence-corrected chi connectivity index (χ0v) is 14.8. The molecule has 2 amide bonds. The molecule has 1 aromatic carbocycles. The monoisotopic (exact) mass is 356 g/mol. The molecule has 2 aliphatic heterocycles. The summed E-state index contributed by atoms with van der Waals surface area (Å²) >= 11 is 0. The van der Waals surface area contributed by atoms with Gasteiger partial charge in [0.05, 0.1) is 25.2 Å². The lowest BCUT2D eigenvalue weighted by molar-refractivity contribution is -0.154. The van der Waals surface area contributed by atoms with Crippen molar-refractivity contribution in [1.29, 1.82) is 0 Å². The van der Waals surface area contributed by atoms with E-state index < -0.39 is 29.4 Å². The van der Waals surface area contributed by atoms with Gasteiger partial charge in [-0.1, -0.05) is 13.0 Å². The Bertz CT molecular complexity index is 920. The molecule has 0 saturated carbocycles. The van der Waals surface area contributed by atoms with Crippen LogP contribution < -0.4 is 5.32 Å². The molecule has 26 heavy (non-hydrogen) atoms. The summed E-state index contributed by atoms with van der Waals surface area (Å²) in [6, 6.07) is 6.99. The molecule has 0 aliphatic carbocycles. The highest BCUT2D eigenvalue weighted by molar-refractivity contribution is 6.09. The van der Waals surface area contributed by atoms with Gasteiger partial charge in [-0.3, -0.25) is 24.6 Å². The first-order valence-electron chi connectivity index (χ1n) is 8.59. The Balaban J connectivity index is 1.86. The first-order valence-corrected chi connectivity index (χ1v) is 8.59. The Morgan fingerprint density at radius 3 is 2.77 bits per heavy atom. The molecule has 0 unspecified atom stereocenters. The Labute approximate surface area is 150 Å². The molecule has 1 N–H and O–H groups in total. The number of benzene rings is 1. The van der Waals surface area contributed by atoms with Gasteiger partial charge in [-0.2, -0.15) is 0 Å². The van der Waals surface area contributed by atoms with Crippen molar-refractivity contribution < 1.29 is 23.5 Å². The van der Waals surface area contributed by atoms with Gasteiger partial charge in [-0.25, -0.2) is 0 Å². The number of methoxy groups -OCH3 is 1. The molecule has 3 heterocycles. The van der Waals surface area contributed by atoms with Gasteiger partial charge in [-0.05, 0) is 30.2 Å². The first kappa shape index (κ1) is 16.8. The number of rotatable bonds is 3. The Hall–Kier alpha value is -2.67. The van der Waals surface area contributed by atoms with Crippen LogP contribution in [0.2, 0.25) is 0 Å². The van der Waals surface area contributed by atoms with E-state index in [1.165, 1.54) is 14.2 Å². The van der Waals surface area contributed by atoms with Gasteiger partial charge in [0, 0.05) is 18.5 Å². The van der Waals surface area contributed by atoms with Gasteiger partial charge in [0.2, 0.25) is 11.8 Å². The SMILES string of the molecule is CC[C@@]1(C(=O)OC)N[C@H](c2ccc3occc3c2)[C@@H]2C(=O)N(C)C(=O)[C@@H]21. The predicted molar refractivity (Wildman–Crippen MR) is 91.9 cm³/mol. The summed E-state index contributed by atoms with van der Waals surface area (Å²) in [5.41, 5.74) is 0.362. The lowest BCUT2D eigenvalue weighted by Gasteiger charge is -2.30. The van der Waals surface area contributed by atoms with Crippen molar-refractivity contribution in [2.45, 2.75) is 24.9 Å². The van der Waals surface area contributed by atoms with Gasteiger partial charge in [-0.15, -0.1) is 0 Å². The number of fused-ring (bicyclic) bond motifs is 2. The van der Waals surface area contributed by atoms with Crippen LogP contribution in [-0.4, -0.2) is 42.4 Å². The minimum Gasteiger partial charge on any atom is -0.468 e. The van der Waals surface area contributed by atoms with Crippen molar-refractivity contribution >= 4 is 28.8 Å². The topological polar surface area (TPSA) is 88.8 Å². The summed E-state index contributed by atoms with van der Waals surface area (Å²) in [5, 5.41) is 4.19. The summed E-state index contributed by atoms with van der Waals surface area (Å²) in [7, 11) is 2.77. The molecule has 0 bridgehead atoms. The zero-order chi connectivity index (χ0) is 18.6. The fourth-order valence-electron chi connectivity index (χ4n) is 4.45. The molecular weight excluding hydrogens is 336 g/mol. The van der Waals surface area contributed by atoms with E-state index in [2.05, 4.69) is 5.32 Å². The number of esters is 1. The normalized spacial score (nSPS) is 30.9. The van der Waals surface area contributed by atoms with Crippen LogP contribution in [0.5, 0.6) is 0 Å². The molecule has 4 rings (SSSR count). The summed E-state index contributed by atoms with van der Waals surface area (Å²) in [5.74, 6) is -2.55. The summed E-state index contributed by atoms with van der Waals surface area (Å²) in [4.78, 5) is 39.4. The van der Waals surface area contributed by atoms with Gasteiger partial charge in [0.25, 0.3) is 0 Å². The van der Waals surface area contributed by atoms with Crippen molar-refractivity contribution in [2.24, 2.45) is 11.8 Å². The molecule has 2 aromatic rings. The number of amides is 2. The van der Waals surface area contributed by atoms with Crippen LogP contribution in [0, 0.1) is 11.8 Å². The number of carbonyl (C=O) groups excluding carboxylic acids is 3. The highest BCUT2D eigenvalue weighted by Gasteiger charge is 2.67. The fourth-order valence-corrected chi connectivity index (χ4v) is 4.45. The van der Waals surface area contributed by atoms with Crippen LogP contribution in [-0.2, 0) is 19.1 Å². The minimum absolute atomic E-state index is 0.274. The highest BCUT2D eigenvalue weighted by atomic mass is 16.5. The van der Waals surface area contributed by atoms with Crippen LogP contribution in [0.25, 0.3) is 11.0 Å².